The second kappa shape index (κ2) is 6.99. The average molecular weight is 284 g/mol. The van der Waals surface area contributed by atoms with Crippen LogP contribution in [0.3, 0.4) is 0 Å². The van der Waals surface area contributed by atoms with Gasteiger partial charge in [0, 0.05) is 20.6 Å². The lowest BCUT2D eigenvalue weighted by molar-refractivity contribution is -0.117. The summed E-state index contributed by atoms with van der Waals surface area (Å²) in [4.78, 5) is 11.9. The van der Waals surface area contributed by atoms with Crippen LogP contribution in [0.4, 0.5) is 0 Å². The summed E-state index contributed by atoms with van der Waals surface area (Å²) in [5.74, 6) is -0.0182. The Bertz CT molecular complexity index is 459. The Morgan fingerprint density at radius 3 is 2.21 bits per heavy atom. The van der Waals surface area contributed by atoms with Crippen LogP contribution in [0.25, 0.3) is 0 Å². The van der Waals surface area contributed by atoms with E-state index in [1.165, 1.54) is 19.8 Å². The number of aryl methyl sites for hydroxylation is 1. The van der Waals surface area contributed by atoms with Crippen LogP contribution >= 0.6 is 7.60 Å². The SMILES string of the molecule is COP(=O)(CC(=O)C[C@H](C)c1ccc(C)cc1)OC. The lowest BCUT2D eigenvalue weighted by Crippen LogP contribution is -2.11. The van der Waals surface area contributed by atoms with Gasteiger partial charge in [-0.2, -0.15) is 0 Å². The van der Waals surface area contributed by atoms with Crippen LogP contribution in [0.1, 0.15) is 30.4 Å². The van der Waals surface area contributed by atoms with Gasteiger partial charge in [0.15, 0.2) is 0 Å². The van der Waals surface area contributed by atoms with E-state index in [4.69, 9.17) is 9.05 Å². The first-order valence-electron chi connectivity index (χ1n) is 6.19. The Kier molecular flexibility index (Phi) is 5.92. The molecule has 1 atom stereocenters. The average Bonchev–Trinajstić information content (AvgIpc) is 2.39. The van der Waals surface area contributed by atoms with Crippen molar-refractivity contribution in [1.82, 2.24) is 0 Å². The predicted molar refractivity (Wildman–Crippen MR) is 75.7 cm³/mol. The van der Waals surface area contributed by atoms with E-state index in [1.54, 1.807) is 0 Å². The molecule has 0 saturated carbocycles. The van der Waals surface area contributed by atoms with E-state index < -0.39 is 7.60 Å². The third kappa shape index (κ3) is 4.90. The third-order valence-electron chi connectivity index (χ3n) is 3.11. The van der Waals surface area contributed by atoms with E-state index in [9.17, 15) is 9.36 Å². The normalized spacial score (nSPS) is 13.3. The molecule has 5 heteroatoms. The summed E-state index contributed by atoms with van der Waals surface area (Å²) in [6, 6.07) is 8.07. The molecule has 0 bridgehead atoms. The Labute approximate surface area is 114 Å². The molecular formula is C14H21O4P. The van der Waals surface area contributed by atoms with Gasteiger partial charge in [0.05, 0.1) is 0 Å². The van der Waals surface area contributed by atoms with Crippen LogP contribution in [0.5, 0.6) is 0 Å². The van der Waals surface area contributed by atoms with Gasteiger partial charge in [-0.25, -0.2) is 0 Å². The largest absolute Gasteiger partial charge is 0.337 e. The fourth-order valence-corrected chi connectivity index (χ4v) is 2.81. The monoisotopic (exact) mass is 284 g/mol. The Balaban J connectivity index is 2.62. The van der Waals surface area contributed by atoms with E-state index in [1.807, 2.05) is 38.1 Å². The minimum absolute atomic E-state index is 0.0928. The number of carbonyl (C=O) groups excluding carboxylic acids is 1. The quantitative estimate of drug-likeness (QED) is 0.719. The molecule has 106 valence electrons. The number of carbonyl (C=O) groups is 1. The molecule has 0 aliphatic carbocycles. The highest BCUT2D eigenvalue weighted by atomic mass is 31.2. The van der Waals surface area contributed by atoms with Gasteiger partial charge in [0.1, 0.15) is 11.9 Å². The van der Waals surface area contributed by atoms with E-state index in [-0.39, 0.29) is 17.9 Å². The van der Waals surface area contributed by atoms with Gasteiger partial charge in [0.2, 0.25) is 0 Å². The third-order valence-corrected chi connectivity index (χ3v) is 4.96. The van der Waals surface area contributed by atoms with Crippen molar-refractivity contribution in [3.8, 4) is 0 Å². The molecule has 0 unspecified atom stereocenters. The predicted octanol–water partition coefficient (Wildman–Crippen LogP) is 3.54. The maximum absolute atomic E-state index is 11.9. The number of benzene rings is 1. The van der Waals surface area contributed by atoms with Gasteiger partial charge in [-0.3, -0.25) is 9.36 Å². The van der Waals surface area contributed by atoms with Crippen LogP contribution in [-0.4, -0.2) is 26.2 Å². The van der Waals surface area contributed by atoms with Gasteiger partial charge in [0.25, 0.3) is 0 Å². The molecule has 4 nitrogen and oxygen atoms in total. The summed E-state index contributed by atoms with van der Waals surface area (Å²) in [6.45, 7) is 4.00. The molecule has 1 aromatic rings. The van der Waals surface area contributed by atoms with Crippen LogP contribution < -0.4 is 0 Å². The van der Waals surface area contributed by atoms with Crippen LogP contribution in [0.2, 0.25) is 0 Å². The van der Waals surface area contributed by atoms with E-state index in [2.05, 4.69) is 0 Å². The molecule has 0 N–H and O–H groups in total. The van der Waals surface area contributed by atoms with Gasteiger partial charge in [-0.05, 0) is 18.4 Å². The first-order chi connectivity index (χ1) is 8.90. The second-order valence-corrected chi connectivity index (χ2v) is 6.96. The van der Waals surface area contributed by atoms with Crippen molar-refractivity contribution in [1.29, 1.82) is 0 Å². The van der Waals surface area contributed by atoms with Gasteiger partial charge in [-0.15, -0.1) is 0 Å². The minimum Gasteiger partial charge on any atom is -0.312 e. The molecule has 0 aromatic heterocycles. The first kappa shape index (κ1) is 16.1. The van der Waals surface area contributed by atoms with Gasteiger partial charge in [-0.1, -0.05) is 36.8 Å². The molecule has 0 aliphatic rings. The summed E-state index contributed by atoms with van der Waals surface area (Å²) in [5, 5.41) is 0. The Morgan fingerprint density at radius 1 is 1.21 bits per heavy atom. The van der Waals surface area contributed by atoms with E-state index >= 15 is 0 Å². The molecule has 0 saturated heterocycles. The molecule has 0 amide bonds. The second-order valence-electron chi connectivity index (χ2n) is 4.69. The zero-order valence-corrected chi connectivity index (χ0v) is 12.8. The number of Topliss-reactive ketones (excluding diaryl/α,β-unsaturated/α-hetero) is 1. The lowest BCUT2D eigenvalue weighted by Gasteiger charge is -2.15. The number of hydrogen-bond donors (Lipinski definition) is 0. The lowest BCUT2D eigenvalue weighted by atomic mass is 9.95. The van der Waals surface area contributed by atoms with Crippen LogP contribution in [0, 0.1) is 6.92 Å². The molecule has 0 aliphatic heterocycles. The summed E-state index contributed by atoms with van der Waals surface area (Å²) in [7, 11) is -0.657. The minimum atomic E-state index is -3.24. The number of hydrogen-bond acceptors (Lipinski definition) is 4. The molecule has 0 heterocycles. The highest BCUT2D eigenvalue weighted by Crippen LogP contribution is 2.46. The van der Waals surface area contributed by atoms with Crippen molar-refractivity contribution in [3.05, 3.63) is 35.4 Å². The number of rotatable bonds is 7. The van der Waals surface area contributed by atoms with Crippen LogP contribution in [0.15, 0.2) is 24.3 Å². The molecule has 1 aromatic carbocycles. The topological polar surface area (TPSA) is 52.6 Å². The van der Waals surface area contributed by atoms with Gasteiger partial charge >= 0.3 is 7.60 Å². The summed E-state index contributed by atoms with van der Waals surface area (Å²) >= 11 is 0. The Morgan fingerprint density at radius 2 is 1.74 bits per heavy atom. The Hall–Kier alpha value is -0.960. The standard InChI is InChI=1S/C14H21O4P/c1-11-5-7-13(8-6-11)12(2)9-14(15)10-19(16,17-3)18-4/h5-8,12H,9-10H2,1-4H3/t12-/m0/s1. The highest BCUT2D eigenvalue weighted by molar-refractivity contribution is 7.54. The van der Waals surface area contributed by atoms with Crippen molar-refractivity contribution in [2.75, 3.05) is 20.4 Å². The first-order valence-corrected chi connectivity index (χ1v) is 7.92. The van der Waals surface area contributed by atoms with Crippen molar-refractivity contribution in [3.63, 3.8) is 0 Å². The fourth-order valence-electron chi connectivity index (χ4n) is 1.84. The van der Waals surface area contributed by atoms with Gasteiger partial charge < -0.3 is 9.05 Å². The van der Waals surface area contributed by atoms with Crippen molar-refractivity contribution in [2.24, 2.45) is 0 Å². The molecule has 0 fully saturated rings. The van der Waals surface area contributed by atoms with E-state index in [0.29, 0.717) is 6.42 Å². The summed E-state index contributed by atoms with van der Waals surface area (Å²) < 4.78 is 21.4. The molecule has 0 radical (unpaired) electrons. The fraction of sp³-hybridized carbons (Fsp3) is 0.500. The van der Waals surface area contributed by atoms with Crippen molar-refractivity contribution in [2.45, 2.75) is 26.2 Å². The maximum atomic E-state index is 11.9. The van der Waals surface area contributed by atoms with Crippen LogP contribution in [-0.2, 0) is 18.4 Å². The zero-order valence-electron chi connectivity index (χ0n) is 11.9. The summed E-state index contributed by atoms with van der Waals surface area (Å²) in [6.07, 6.45) is 0.163. The maximum Gasteiger partial charge on any atom is 0.337 e. The van der Waals surface area contributed by atoms with E-state index in [0.717, 1.165) is 5.56 Å². The smallest absolute Gasteiger partial charge is 0.312 e. The molecular weight excluding hydrogens is 263 g/mol. The number of ketones is 1. The molecule has 0 spiro atoms. The molecule has 19 heavy (non-hydrogen) atoms. The molecule has 1 rings (SSSR count). The van der Waals surface area contributed by atoms with Crippen molar-refractivity contribution >= 4 is 13.4 Å². The van der Waals surface area contributed by atoms with Crippen molar-refractivity contribution < 1.29 is 18.4 Å². The highest BCUT2D eigenvalue weighted by Gasteiger charge is 2.26. The zero-order chi connectivity index (χ0) is 14.5. The summed E-state index contributed by atoms with van der Waals surface area (Å²) in [5.41, 5.74) is 2.29.